The van der Waals surface area contributed by atoms with Gasteiger partial charge in [-0.3, -0.25) is 9.69 Å². The van der Waals surface area contributed by atoms with Gasteiger partial charge >= 0.3 is 0 Å². The lowest BCUT2D eigenvalue weighted by Gasteiger charge is -2.34. The van der Waals surface area contributed by atoms with E-state index < -0.39 is 10.0 Å². The Morgan fingerprint density at radius 2 is 1.76 bits per heavy atom. The number of benzene rings is 2. The molecule has 7 nitrogen and oxygen atoms in total. The van der Waals surface area contributed by atoms with Gasteiger partial charge < -0.3 is 4.90 Å². The van der Waals surface area contributed by atoms with Gasteiger partial charge in [0.25, 0.3) is 5.91 Å². The molecular weight excluding hydrogens is 460 g/mol. The smallest absolute Gasteiger partial charge is 0.254 e. The number of fused-ring (bicyclic) bond motifs is 1. The summed E-state index contributed by atoms with van der Waals surface area (Å²) in [7, 11) is -2.14. The van der Waals surface area contributed by atoms with Crippen molar-refractivity contribution < 1.29 is 13.2 Å². The van der Waals surface area contributed by atoms with Crippen LogP contribution in [0.2, 0.25) is 5.02 Å². The molecule has 3 aromatic rings. The van der Waals surface area contributed by atoms with Crippen molar-refractivity contribution in [3.63, 3.8) is 0 Å². The van der Waals surface area contributed by atoms with E-state index in [4.69, 9.17) is 16.6 Å². The summed E-state index contributed by atoms with van der Waals surface area (Å²) in [6.45, 7) is 6.43. The summed E-state index contributed by atoms with van der Waals surface area (Å²) >= 11 is 6.52. The second-order valence-corrected chi connectivity index (χ2v) is 10.4. The number of halogens is 1. The molecule has 0 unspecified atom stereocenters. The monoisotopic (exact) mass is 486 g/mol. The molecule has 0 aliphatic carbocycles. The Hall–Kier alpha value is -2.52. The summed E-state index contributed by atoms with van der Waals surface area (Å²) in [5, 5.41) is 1.29. The molecule has 33 heavy (non-hydrogen) atoms. The van der Waals surface area contributed by atoms with Crippen LogP contribution in [0.4, 0.5) is 0 Å². The SMILES string of the molecule is CCCN1CCN(C(=O)c2ccc3c(Cl)cc(-c4ccc(S(=O)(=O)NC)cc4)nc3c2)CC1. The third-order valence-corrected chi connectivity index (χ3v) is 7.68. The fourth-order valence-electron chi connectivity index (χ4n) is 4.06. The summed E-state index contributed by atoms with van der Waals surface area (Å²) in [5.41, 5.74) is 2.55. The molecule has 1 aromatic heterocycles. The molecule has 0 spiro atoms. The molecule has 0 saturated carbocycles. The van der Waals surface area contributed by atoms with Gasteiger partial charge in [-0.1, -0.05) is 36.7 Å². The average molecular weight is 487 g/mol. The number of nitrogens with one attached hydrogen (secondary N) is 1. The zero-order valence-electron chi connectivity index (χ0n) is 18.7. The fraction of sp³-hybridized carbons (Fsp3) is 0.333. The lowest BCUT2D eigenvalue weighted by molar-refractivity contribution is 0.0637. The normalized spacial score (nSPS) is 15.2. The van der Waals surface area contributed by atoms with E-state index in [9.17, 15) is 13.2 Å². The van der Waals surface area contributed by atoms with Crippen molar-refractivity contribution in [2.45, 2.75) is 18.2 Å². The highest BCUT2D eigenvalue weighted by Crippen LogP contribution is 2.29. The van der Waals surface area contributed by atoms with Gasteiger partial charge in [0.15, 0.2) is 0 Å². The molecule has 1 fully saturated rings. The highest BCUT2D eigenvalue weighted by atomic mass is 35.5. The first-order chi connectivity index (χ1) is 15.8. The molecule has 1 aliphatic rings. The van der Waals surface area contributed by atoms with Gasteiger partial charge in [0, 0.05) is 42.7 Å². The molecule has 4 rings (SSSR count). The van der Waals surface area contributed by atoms with Crippen LogP contribution in [0.5, 0.6) is 0 Å². The molecule has 0 radical (unpaired) electrons. The standard InChI is InChI=1S/C24H27ClN4O3S/c1-3-10-28-11-13-29(14-12-28)24(30)18-6-9-20-21(25)16-22(27-23(20)15-18)17-4-7-19(8-5-17)33(31,32)26-2/h4-9,15-16,26H,3,10-14H2,1-2H3. The Bertz CT molecular complexity index is 1270. The number of carbonyl (C=O) groups excluding carboxylic acids is 1. The zero-order chi connectivity index (χ0) is 23.6. The van der Waals surface area contributed by atoms with Crippen LogP contribution in [-0.2, 0) is 10.0 Å². The number of nitrogens with zero attached hydrogens (tertiary/aromatic N) is 3. The third kappa shape index (κ3) is 5.04. The third-order valence-electron chi connectivity index (χ3n) is 5.93. The number of amides is 1. The lowest BCUT2D eigenvalue weighted by Crippen LogP contribution is -2.48. The second-order valence-electron chi connectivity index (χ2n) is 8.09. The fourth-order valence-corrected chi connectivity index (χ4v) is 5.06. The minimum atomic E-state index is -3.51. The van der Waals surface area contributed by atoms with Crippen LogP contribution < -0.4 is 4.72 Å². The molecule has 0 bridgehead atoms. The van der Waals surface area contributed by atoms with Gasteiger partial charge in [0.1, 0.15) is 0 Å². The second kappa shape index (κ2) is 9.77. The summed E-state index contributed by atoms with van der Waals surface area (Å²) in [5.74, 6) is -0.00185. The molecule has 1 saturated heterocycles. The number of sulfonamides is 1. The highest BCUT2D eigenvalue weighted by molar-refractivity contribution is 7.89. The van der Waals surface area contributed by atoms with E-state index >= 15 is 0 Å². The first-order valence-electron chi connectivity index (χ1n) is 11.0. The lowest BCUT2D eigenvalue weighted by atomic mass is 10.1. The maximum atomic E-state index is 13.1. The minimum Gasteiger partial charge on any atom is -0.336 e. The molecule has 9 heteroatoms. The van der Waals surface area contributed by atoms with Gasteiger partial charge in [-0.25, -0.2) is 18.1 Å². The summed E-state index contributed by atoms with van der Waals surface area (Å²) in [6, 6.07) is 13.6. The molecule has 1 amide bonds. The molecular formula is C24H27ClN4O3S. The topological polar surface area (TPSA) is 82.6 Å². The van der Waals surface area contributed by atoms with Crippen LogP contribution in [0.1, 0.15) is 23.7 Å². The molecule has 1 aliphatic heterocycles. The van der Waals surface area contributed by atoms with E-state index in [0.717, 1.165) is 37.0 Å². The van der Waals surface area contributed by atoms with Crippen LogP contribution >= 0.6 is 11.6 Å². The van der Waals surface area contributed by atoms with Crippen LogP contribution in [0.15, 0.2) is 53.4 Å². The Kier molecular flexibility index (Phi) is 6.99. The molecule has 0 atom stereocenters. The Morgan fingerprint density at radius 1 is 1.06 bits per heavy atom. The number of piperazine rings is 1. The number of carbonyl (C=O) groups is 1. The number of hydrogen-bond donors (Lipinski definition) is 1. The Balaban J connectivity index is 1.61. The predicted molar refractivity (Wildman–Crippen MR) is 131 cm³/mol. The molecule has 2 heterocycles. The van der Waals surface area contributed by atoms with E-state index in [1.165, 1.54) is 19.2 Å². The van der Waals surface area contributed by atoms with Crippen LogP contribution in [-0.4, -0.2) is 68.9 Å². The van der Waals surface area contributed by atoms with Crippen molar-refractivity contribution in [2.24, 2.45) is 0 Å². The van der Waals surface area contributed by atoms with Gasteiger partial charge in [-0.05, 0) is 50.3 Å². The number of pyridine rings is 1. The number of aromatic nitrogens is 1. The Labute approximate surface area is 199 Å². The first kappa shape index (κ1) is 23.6. The summed E-state index contributed by atoms with van der Waals surface area (Å²) in [4.78, 5) is 22.2. The highest BCUT2D eigenvalue weighted by Gasteiger charge is 2.22. The maximum Gasteiger partial charge on any atom is 0.254 e. The van der Waals surface area contributed by atoms with Crippen molar-refractivity contribution >= 4 is 38.4 Å². The molecule has 2 aromatic carbocycles. The van der Waals surface area contributed by atoms with Gasteiger partial charge in [0.2, 0.25) is 10.0 Å². The van der Waals surface area contributed by atoms with E-state index in [1.54, 1.807) is 30.3 Å². The van der Waals surface area contributed by atoms with Crippen molar-refractivity contribution in [3.8, 4) is 11.3 Å². The molecule has 1 N–H and O–H groups in total. The molecule has 174 valence electrons. The number of hydrogen-bond acceptors (Lipinski definition) is 5. The van der Waals surface area contributed by atoms with Crippen LogP contribution in [0, 0.1) is 0 Å². The van der Waals surface area contributed by atoms with E-state index in [-0.39, 0.29) is 10.8 Å². The van der Waals surface area contributed by atoms with Gasteiger partial charge in [-0.2, -0.15) is 0 Å². The van der Waals surface area contributed by atoms with Crippen molar-refractivity contribution in [1.82, 2.24) is 19.5 Å². The summed E-state index contributed by atoms with van der Waals surface area (Å²) in [6.07, 6.45) is 1.11. The predicted octanol–water partition coefficient (Wildman–Crippen LogP) is 3.63. The maximum absolute atomic E-state index is 13.1. The van der Waals surface area contributed by atoms with Crippen molar-refractivity contribution in [1.29, 1.82) is 0 Å². The first-order valence-corrected chi connectivity index (χ1v) is 12.8. The van der Waals surface area contributed by atoms with Gasteiger partial charge in [0.05, 0.1) is 21.1 Å². The van der Waals surface area contributed by atoms with Crippen molar-refractivity contribution in [2.75, 3.05) is 39.8 Å². The van der Waals surface area contributed by atoms with E-state index in [2.05, 4.69) is 16.5 Å². The van der Waals surface area contributed by atoms with Crippen molar-refractivity contribution in [3.05, 3.63) is 59.1 Å². The van der Waals surface area contributed by atoms with Crippen LogP contribution in [0.25, 0.3) is 22.2 Å². The van der Waals surface area contributed by atoms with Crippen LogP contribution in [0.3, 0.4) is 0 Å². The minimum absolute atomic E-state index is 0.00185. The van der Waals surface area contributed by atoms with E-state index in [1.807, 2.05) is 11.0 Å². The Morgan fingerprint density at radius 3 is 2.39 bits per heavy atom. The van der Waals surface area contributed by atoms with E-state index in [0.29, 0.717) is 34.9 Å². The van der Waals surface area contributed by atoms with Gasteiger partial charge in [-0.15, -0.1) is 0 Å². The number of rotatable bonds is 6. The largest absolute Gasteiger partial charge is 0.336 e. The quantitative estimate of drug-likeness (QED) is 0.575. The summed E-state index contributed by atoms with van der Waals surface area (Å²) < 4.78 is 26.2. The average Bonchev–Trinajstić information content (AvgIpc) is 2.84. The zero-order valence-corrected chi connectivity index (χ0v) is 20.3.